The van der Waals surface area contributed by atoms with Gasteiger partial charge in [-0.05, 0) is 44.8 Å². The quantitative estimate of drug-likeness (QED) is 0.426. The van der Waals surface area contributed by atoms with Gasteiger partial charge in [-0.1, -0.05) is 78.8 Å². The van der Waals surface area contributed by atoms with Gasteiger partial charge in [0.1, 0.15) is 12.1 Å². The molecular formula is C30H40N2O3. The summed E-state index contributed by atoms with van der Waals surface area (Å²) in [4.78, 5) is 16.3. The molecule has 6 rings (SSSR count). The molecule has 0 unspecified atom stereocenters. The Morgan fingerprint density at radius 2 is 1.66 bits per heavy atom. The Morgan fingerprint density at radius 1 is 1.03 bits per heavy atom. The number of esters is 1. The average Bonchev–Trinajstić information content (AvgIpc) is 2.93. The second-order valence-corrected chi connectivity index (χ2v) is 11.2. The molecule has 2 aromatic carbocycles. The van der Waals surface area contributed by atoms with Crippen molar-refractivity contribution in [2.24, 2.45) is 5.92 Å². The zero-order valence-corrected chi connectivity index (χ0v) is 21.1. The van der Waals surface area contributed by atoms with Crippen LogP contribution in [-0.4, -0.2) is 60.7 Å². The van der Waals surface area contributed by atoms with E-state index in [1.807, 2.05) is 48.5 Å². The Hall–Kier alpha value is -2.21. The van der Waals surface area contributed by atoms with Crippen molar-refractivity contribution in [2.45, 2.75) is 63.2 Å². The van der Waals surface area contributed by atoms with Gasteiger partial charge in [-0.15, -0.1) is 0 Å². The third-order valence-electron chi connectivity index (χ3n) is 9.06. The van der Waals surface area contributed by atoms with Crippen molar-refractivity contribution in [1.29, 1.82) is 0 Å². The molecule has 188 valence electrons. The maximum atomic E-state index is 13.9. The summed E-state index contributed by atoms with van der Waals surface area (Å²) in [5.41, 5.74) is 1.14. The van der Waals surface area contributed by atoms with Crippen molar-refractivity contribution in [1.82, 2.24) is 4.90 Å². The minimum Gasteiger partial charge on any atom is -0.848 e. The molecule has 2 bridgehead atoms. The summed E-state index contributed by atoms with van der Waals surface area (Å²) in [6.07, 6.45) is 5.52. The maximum Gasteiger partial charge on any atom is 0.331 e. The fraction of sp³-hybridized carbons (Fsp3) is 0.567. The summed E-state index contributed by atoms with van der Waals surface area (Å²) in [7, 11) is 0. The van der Waals surface area contributed by atoms with Crippen molar-refractivity contribution in [3.63, 3.8) is 0 Å². The highest BCUT2D eigenvalue weighted by molar-refractivity contribution is 5.82. The number of rotatable bonds is 8. The molecule has 4 heterocycles. The van der Waals surface area contributed by atoms with Gasteiger partial charge in [-0.2, -0.15) is 0 Å². The predicted octanol–water partition coefficient (Wildman–Crippen LogP) is 4.03. The third-order valence-corrected chi connectivity index (χ3v) is 9.06. The lowest BCUT2D eigenvalue weighted by Gasteiger charge is -2.53. The van der Waals surface area contributed by atoms with Crippen molar-refractivity contribution in [3.05, 3.63) is 71.8 Å². The van der Waals surface area contributed by atoms with Crippen LogP contribution in [0.3, 0.4) is 0 Å². The summed E-state index contributed by atoms with van der Waals surface area (Å²) < 4.78 is 7.36. The number of quaternary nitrogens is 1. The summed E-state index contributed by atoms with van der Waals surface area (Å²) in [6, 6.07) is 19.9. The fourth-order valence-corrected chi connectivity index (χ4v) is 6.68. The molecule has 4 aliphatic heterocycles. The number of benzene rings is 2. The van der Waals surface area contributed by atoms with Gasteiger partial charge in [0.25, 0.3) is 0 Å². The summed E-state index contributed by atoms with van der Waals surface area (Å²) in [5, 5.41) is 12.9. The van der Waals surface area contributed by atoms with Crippen LogP contribution < -0.4 is 5.11 Å². The topological polar surface area (TPSA) is 52.6 Å². The minimum atomic E-state index is -0.758. The van der Waals surface area contributed by atoms with Crippen LogP contribution in [0.15, 0.2) is 60.7 Å². The molecule has 2 aromatic rings. The number of fused-ring (bicyclic) bond motifs is 3. The fourth-order valence-electron chi connectivity index (χ4n) is 6.68. The molecule has 0 N–H and O–H groups in total. The van der Waals surface area contributed by atoms with E-state index >= 15 is 0 Å². The Kier molecular flexibility index (Phi) is 7.29. The SMILES string of the molecule is C[C@@](C(=O)O[C@@H]1C[N+]2(CC[C@H]([O-])c3ccccc3)CCC1CC2)(c1ccccc1)N1CCCCC1. The zero-order valence-electron chi connectivity index (χ0n) is 21.1. The van der Waals surface area contributed by atoms with Crippen LogP contribution >= 0.6 is 0 Å². The Balaban J connectivity index is 1.29. The highest BCUT2D eigenvalue weighted by atomic mass is 16.5. The second kappa shape index (κ2) is 10.4. The Morgan fingerprint density at radius 3 is 2.31 bits per heavy atom. The molecule has 0 aromatic heterocycles. The first kappa shape index (κ1) is 24.5. The van der Waals surface area contributed by atoms with Crippen LogP contribution in [0, 0.1) is 5.92 Å². The van der Waals surface area contributed by atoms with Gasteiger partial charge in [-0.3, -0.25) is 4.90 Å². The van der Waals surface area contributed by atoms with Gasteiger partial charge >= 0.3 is 5.97 Å². The van der Waals surface area contributed by atoms with Crippen LogP contribution in [-0.2, 0) is 15.1 Å². The molecule has 0 saturated carbocycles. The molecule has 4 saturated heterocycles. The summed E-state index contributed by atoms with van der Waals surface area (Å²) in [5.74, 6) is 0.339. The number of carbonyl (C=O) groups is 1. The molecule has 5 heteroatoms. The molecule has 0 aliphatic carbocycles. The molecule has 5 nitrogen and oxygen atoms in total. The molecule has 35 heavy (non-hydrogen) atoms. The van der Waals surface area contributed by atoms with E-state index in [-0.39, 0.29) is 12.1 Å². The lowest BCUT2D eigenvalue weighted by molar-refractivity contribution is -0.947. The average molecular weight is 477 g/mol. The van der Waals surface area contributed by atoms with Gasteiger partial charge in [0.2, 0.25) is 0 Å². The number of hydrogen-bond acceptors (Lipinski definition) is 4. The van der Waals surface area contributed by atoms with Crippen LogP contribution in [0.2, 0.25) is 0 Å². The van der Waals surface area contributed by atoms with E-state index < -0.39 is 11.6 Å². The normalized spacial score (nSPS) is 29.3. The minimum absolute atomic E-state index is 0.0559. The summed E-state index contributed by atoms with van der Waals surface area (Å²) in [6.45, 7) is 7.83. The van der Waals surface area contributed by atoms with Crippen LogP contribution in [0.4, 0.5) is 0 Å². The largest absolute Gasteiger partial charge is 0.848 e. The number of ether oxygens (including phenoxy) is 1. The van der Waals surface area contributed by atoms with Gasteiger partial charge in [-0.25, -0.2) is 4.79 Å². The zero-order chi connectivity index (χ0) is 24.3. The standard InChI is InChI=1S/C30H40N2O3/c1-30(26-13-7-3-8-14-26,31-18-9-4-10-19-31)29(34)35-28-23-32(20-15-25(28)16-21-32)22-17-27(33)24-11-5-2-6-12-24/h2-3,5-8,11-14,25,27-28H,4,9-10,15-23H2,1H3/t25?,27-,28+,30-,32?/m0/s1. The molecule has 0 radical (unpaired) electrons. The molecule has 0 spiro atoms. The van der Waals surface area contributed by atoms with Crippen molar-refractivity contribution in [3.8, 4) is 0 Å². The van der Waals surface area contributed by atoms with Crippen molar-refractivity contribution >= 4 is 5.97 Å². The first-order valence-electron chi connectivity index (χ1n) is 13.6. The number of piperidine rings is 4. The molecule has 4 aliphatic rings. The monoisotopic (exact) mass is 476 g/mol. The molecule has 0 amide bonds. The number of nitrogens with zero attached hydrogens (tertiary/aromatic N) is 2. The van der Waals surface area contributed by atoms with E-state index in [4.69, 9.17) is 4.74 Å². The van der Waals surface area contributed by atoms with E-state index in [9.17, 15) is 9.90 Å². The summed E-state index contributed by atoms with van der Waals surface area (Å²) >= 11 is 0. The number of hydrogen-bond donors (Lipinski definition) is 0. The second-order valence-electron chi connectivity index (χ2n) is 11.2. The third kappa shape index (κ3) is 5.04. The van der Waals surface area contributed by atoms with Gasteiger partial charge < -0.3 is 14.3 Å². The number of likely N-dealkylation sites (tertiary alicyclic amines) is 1. The van der Waals surface area contributed by atoms with E-state index in [0.717, 1.165) is 80.6 Å². The maximum absolute atomic E-state index is 13.9. The van der Waals surface area contributed by atoms with E-state index in [1.54, 1.807) is 0 Å². The predicted molar refractivity (Wildman–Crippen MR) is 135 cm³/mol. The van der Waals surface area contributed by atoms with Gasteiger partial charge in [0.05, 0.1) is 19.6 Å². The van der Waals surface area contributed by atoms with Crippen LogP contribution in [0.5, 0.6) is 0 Å². The first-order chi connectivity index (χ1) is 17.0. The highest BCUT2D eigenvalue weighted by Crippen LogP contribution is 2.39. The van der Waals surface area contributed by atoms with Crippen LogP contribution in [0.1, 0.15) is 62.7 Å². The molecule has 3 atom stereocenters. The Labute approximate surface area is 210 Å². The van der Waals surface area contributed by atoms with E-state index in [2.05, 4.69) is 24.0 Å². The van der Waals surface area contributed by atoms with E-state index in [1.165, 1.54) is 6.42 Å². The molecular weight excluding hydrogens is 436 g/mol. The smallest absolute Gasteiger partial charge is 0.331 e. The number of carbonyl (C=O) groups excluding carboxylic acids is 1. The highest BCUT2D eigenvalue weighted by Gasteiger charge is 2.50. The lowest BCUT2D eigenvalue weighted by atomic mass is 9.82. The lowest BCUT2D eigenvalue weighted by Crippen LogP contribution is -2.65. The van der Waals surface area contributed by atoms with Crippen molar-refractivity contribution < 1.29 is 19.1 Å². The van der Waals surface area contributed by atoms with Crippen molar-refractivity contribution in [2.75, 3.05) is 39.3 Å². The first-order valence-corrected chi connectivity index (χ1v) is 13.6. The van der Waals surface area contributed by atoms with Gasteiger partial charge in [0, 0.05) is 18.8 Å². The van der Waals surface area contributed by atoms with Crippen LogP contribution in [0.25, 0.3) is 0 Å². The molecule has 4 fully saturated rings. The van der Waals surface area contributed by atoms with Gasteiger partial charge in [0.15, 0.2) is 6.10 Å². The van der Waals surface area contributed by atoms with E-state index in [0.29, 0.717) is 12.3 Å². The Bertz CT molecular complexity index is 968.